The lowest BCUT2D eigenvalue weighted by Gasteiger charge is -2.45. The molecule has 2 saturated heterocycles. The molecular formula is C26H36N4O4. The fourth-order valence-electron chi connectivity index (χ4n) is 5.67. The van der Waals surface area contributed by atoms with E-state index < -0.39 is 23.1 Å². The second kappa shape index (κ2) is 9.49. The van der Waals surface area contributed by atoms with Gasteiger partial charge in [-0.25, -0.2) is 14.7 Å². The first-order valence-electron chi connectivity index (χ1n) is 12.4. The SMILES string of the molecule is CC(C)(C)N(C(=O)O)C(=O)C12CC=CC(CC1)N2c1ccc(C(=O)CCC2CCNCC2)cn1. The van der Waals surface area contributed by atoms with E-state index in [1.807, 2.05) is 11.0 Å². The number of pyridine rings is 1. The van der Waals surface area contributed by atoms with Gasteiger partial charge in [-0.05, 0) is 90.4 Å². The Morgan fingerprint density at radius 3 is 2.56 bits per heavy atom. The van der Waals surface area contributed by atoms with Crippen LogP contribution in [0, 0.1) is 5.92 Å². The van der Waals surface area contributed by atoms with Gasteiger partial charge in [0.15, 0.2) is 5.78 Å². The first-order valence-corrected chi connectivity index (χ1v) is 12.4. The molecule has 3 aliphatic rings. The summed E-state index contributed by atoms with van der Waals surface area (Å²) in [6.07, 6.45) is 9.80. The Bertz CT molecular complexity index is 962. The topological polar surface area (TPSA) is 103 Å². The zero-order valence-electron chi connectivity index (χ0n) is 20.4. The zero-order chi connectivity index (χ0) is 24.5. The standard InChI is InChI=1S/C26H36N4O4/c1-25(2,3)30(24(33)34)23(32)26-13-4-5-20(10-14-26)29(26)22-9-7-19(17-28-22)21(31)8-6-18-11-15-27-16-12-18/h4-5,7,9,17-18,20,27H,6,8,10-16H2,1-3H3,(H,33,34). The molecule has 8 heteroatoms. The normalized spacial score (nSPS) is 24.8. The number of piperidine rings is 1. The third-order valence-electron chi connectivity index (χ3n) is 7.48. The zero-order valence-corrected chi connectivity index (χ0v) is 20.4. The molecule has 1 aromatic heterocycles. The summed E-state index contributed by atoms with van der Waals surface area (Å²) >= 11 is 0. The Hall–Kier alpha value is -2.74. The summed E-state index contributed by atoms with van der Waals surface area (Å²) in [7, 11) is 0. The van der Waals surface area contributed by atoms with Gasteiger partial charge >= 0.3 is 6.09 Å². The minimum Gasteiger partial charge on any atom is -0.465 e. The maximum Gasteiger partial charge on any atom is 0.414 e. The number of hydrogen-bond donors (Lipinski definition) is 2. The summed E-state index contributed by atoms with van der Waals surface area (Å²) in [5, 5.41) is 13.2. The second-order valence-corrected chi connectivity index (χ2v) is 10.8. The number of hydrogen-bond acceptors (Lipinski definition) is 6. The summed E-state index contributed by atoms with van der Waals surface area (Å²) < 4.78 is 0. The van der Waals surface area contributed by atoms with E-state index in [0.717, 1.165) is 43.7 Å². The summed E-state index contributed by atoms with van der Waals surface area (Å²) in [6.45, 7) is 7.24. The van der Waals surface area contributed by atoms with Crippen LogP contribution >= 0.6 is 0 Å². The van der Waals surface area contributed by atoms with Crippen molar-refractivity contribution in [2.45, 2.75) is 82.8 Å². The average molecular weight is 469 g/mol. The molecule has 0 aromatic carbocycles. The van der Waals surface area contributed by atoms with Crippen molar-refractivity contribution in [1.82, 2.24) is 15.2 Å². The molecule has 4 heterocycles. The minimum atomic E-state index is -1.24. The molecule has 0 radical (unpaired) electrons. The number of fused-ring (bicyclic) bond motifs is 2. The number of nitrogens with zero attached hydrogens (tertiary/aromatic N) is 3. The van der Waals surface area contributed by atoms with Crippen LogP contribution in [0.5, 0.6) is 0 Å². The number of Topliss-reactive ketones (excluding diaryl/α,β-unsaturated/α-hetero) is 1. The fraction of sp³-hybridized carbons (Fsp3) is 0.615. The third-order valence-corrected chi connectivity index (χ3v) is 7.48. The maximum atomic E-state index is 13.7. The van der Waals surface area contributed by atoms with Crippen molar-refractivity contribution in [2.75, 3.05) is 18.0 Å². The lowest BCUT2D eigenvalue weighted by atomic mass is 9.87. The second-order valence-electron chi connectivity index (χ2n) is 10.8. The van der Waals surface area contributed by atoms with Crippen molar-refractivity contribution in [1.29, 1.82) is 0 Å². The van der Waals surface area contributed by atoms with Gasteiger partial charge in [-0.15, -0.1) is 0 Å². The van der Waals surface area contributed by atoms with E-state index in [2.05, 4.69) is 16.4 Å². The lowest BCUT2D eigenvalue weighted by molar-refractivity contribution is -0.138. The van der Waals surface area contributed by atoms with Gasteiger partial charge < -0.3 is 15.3 Å². The molecule has 34 heavy (non-hydrogen) atoms. The number of nitrogens with one attached hydrogen (secondary N) is 1. The van der Waals surface area contributed by atoms with Crippen molar-refractivity contribution in [2.24, 2.45) is 5.92 Å². The molecule has 3 aliphatic heterocycles. The van der Waals surface area contributed by atoms with Crippen molar-refractivity contribution in [3.8, 4) is 0 Å². The van der Waals surface area contributed by atoms with Crippen molar-refractivity contribution >= 4 is 23.6 Å². The van der Waals surface area contributed by atoms with Gasteiger partial charge in [-0.2, -0.15) is 0 Å². The molecule has 2 atom stereocenters. The Morgan fingerprint density at radius 2 is 1.94 bits per heavy atom. The predicted molar refractivity (Wildman–Crippen MR) is 130 cm³/mol. The molecule has 2 fully saturated rings. The Balaban J connectivity index is 1.54. The van der Waals surface area contributed by atoms with Gasteiger partial charge in [0.1, 0.15) is 11.4 Å². The van der Waals surface area contributed by atoms with Crippen LogP contribution < -0.4 is 10.2 Å². The monoisotopic (exact) mass is 468 g/mol. The number of carbonyl (C=O) groups is 3. The van der Waals surface area contributed by atoms with Gasteiger partial charge in [0, 0.05) is 29.8 Å². The molecule has 2 bridgehead atoms. The van der Waals surface area contributed by atoms with Crippen LogP contribution in [0.4, 0.5) is 10.6 Å². The first kappa shape index (κ1) is 24.4. The smallest absolute Gasteiger partial charge is 0.414 e. The summed E-state index contributed by atoms with van der Waals surface area (Å²) in [6, 6.07) is 3.57. The third kappa shape index (κ3) is 4.60. The van der Waals surface area contributed by atoms with E-state index >= 15 is 0 Å². The number of amides is 2. The van der Waals surface area contributed by atoms with Crippen LogP contribution in [0.15, 0.2) is 30.5 Å². The van der Waals surface area contributed by atoms with Crippen LogP contribution in [0.25, 0.3) is 0 Å². The van der Waals surface area contributed by atoms with Crippen LogP contribution in [-0.4, -0.2) is 63.0 Å². The van der Waals surface area contributed by atoms with Crippen LogP contribution in [0.3, 0.4) is 0 Å². The minimum absolute atomic E-state index is 0.0257. The number of ketones is 1. The molecule has 2 N–H and O–H groups in total. The highest BCUT2D eigenvalue weighted by atomic mass is 16.4. The molecule has 184 valence electrons. The van der Waals surface area contributed by atoms with Crippen LogP contribution in [0.1, 0.15) is 76.1 Å². The summed E-state index contributed by atoms with van der Waals surface area (Å²) in [5.41, 5.74) is -1.26. The molecule has 0 spiro atoms. The summed E-state index contributed by atoms with van der Waals surface area (Å²) in [5.74, 6) is 0.881. The number of carbonyl (C=O) groups excluding carboxylic acids is 2. The molecule has 2 unspecified atom stereocenters. The largest absolute Gasteiger partial charge is 0.465 e. The van der Waals surface area contributed by atoms with E-state index in [1.54, 1.807) is 39.1 Å². The van der Waals surface area contributed by atoms with Crippen molar-refractivity contribution < 1.29 is 19.5 Å². The molecule has 8 nitrogen and oxygen atoms in total. The van der Waals surface area contributed by atoms with Crippen LogP contribution in [0.2, 0.25) is 0 Å². The van der Waals surface area contributed by atoms with Crippen LogP contribution in [-0.2, 0) is 4.79 Å². The Labute approximate surface area is 201 Å². The molecule has 0 saturated carbocycles. The average Bonchev–Trinajstić information content (AvgIpc) is 3.03. The van der Waals surface area contributed by atoms with Gasteiger partial charge in [-0.1, -0.05) is 12.2 Å². The molecule has 0 aliphatic carbocycles. The summed E-state index contributed by atoms with van der Waals surface area (Å²) in [4.78, 5) is 46.1. The van der Waals surface area contributed by atoms with Gasteiger partial charge in [0.25, 0.3) is 5.91 Å². The maximum absolute atomic E-state index is 13.7. The quantitative estimate of drug-likeness (QED) is 0.480. The van der Waals surface area contributed by atoms with E-state index in [-0.39, 0.29) is 11.8 Å². The highest BCUT2D eigenvalue weighted by molar-refractivity contribution is 6.01. The van der Waals surface area contributed by atoms with Gasteiger partial charge in [0.2, 0.25) is 0 Å². The van der Waals surface area contributed by atoms with E-state index in [1.165, 1.54) is 0 Å². The molecular weight excluding hydrogens is 432 g/mol. The Kier molecular flexibility index (Phi) is 6.80. The van der Waals surface area contributed by atoms with E-state index in [0.29, 0.717) is 36.6 Å². The van der Waals surface area contributed by atoms with E-state index in [9.17, 15) is 19.5 Å². The number of aromatic nitrogens is 1. The molecule has 2 amide bonds. The van der Waals surface area contributed by atoms with Gasteiger partial charge in [-0.3, -0.25) is 9.59 Å². The molecule has 1 aromatic rings. The van der Waals surface area contributed by atoms with E-state index in [4.69, 9.17) is 0 Å². The number of anilines is 1. The first-order chi connectivity index (χ1) is 16.1. The lowest BCUT2D eigenvalue weighted by Crippen LogP contribution is -2.64. The number of rotatable bonds is 6. The predicted octanol–water partition coefficient (Wildman–Crippen LogP) is 4.02. The highest BCUT2D eigenvalue weighted by Crippen LogP contribution is 2.45. The van der Waals surface area contributed by atoms with Crippen molar-refractivity contribution in [3.05, 3.63) is 36.0 Å². The number of carboxylic acid groups (broad SMARTS) is 1. The van der Waals surface area contributed by atoms with Crippen molar-refractivity contribution in [3.63, 3.8) is 0 Å². The Morgan fingerprint density at radius 1 is 1.21 bits per heavy atom. The molecule has 4 rings (SSSR count). The fourth-order valence-corrected chi connectivity index (χ4v) is 5.67. The number of imide groups is 1. The highest BCUT2D eigenvalue weighted by Gasteiger charge is 2.56. The van der Waals surface area contributed by atoms with Gasteiger partial charge in [0.05, 0.1) is 0 Å².